The highest BCUT2D eigenvalue weighted by Crippen LogP contribution is 2.36. The van der Waals surface area contributed by atoms with Gasteiger partial charge in [-0.15, -0.1) is 0 Å². The number of piperidine rings is 1. The topological polar surface area (TPSA) is 66.5 Å². The molecule has 2 aliphatic rings. The Labute approximate surface area is 192 Å². The first-order valence-electron chi connectivity index (χ1n) is 11.2. The molecular weight excluding hydrogens is 453 g/mol. The van der Waals surface area contributed by atoms with E-state index in [1.54, 1.807) is 0 Å². The number of hydrogen-bond donors (Lipinski definition) is 1. The first-order valence-corrected chi connectivity index (χ1v) is 12.6. The van der Waals surface area contributed by atoms with E-state index in [1.165, 1.54) is 23.3 Å². The number of sulfonamides is 1. The standard InChI is InChI=1S/C24H27F3N2O3S/c25-24(26,27)21-10-3-4-11-22(21)33(31,32)29-14-12-18(13-15-29)23(30)28-16-19-8-5-7-17-6-1-2-9-20(17)19/h1-4,6,9-11,18-19H,5,7-8,12-16H2,(H,28,30). The Hall–Kier alpha value is -2.39. The summed E-state index contributed by atoms with van der Waals surface area (Å²) in [5.41, 5.74) is 1.42. The Morgan fingerprint density at radius 3 is 2.39 bits per heavy atom. The lowest BCUT2D eigenvalue weighted by Crippen LogP contribution is -2.44. The SMILES string of the molecule is O=C(NCC1CCCc2ccccc21)C1CCN(S(=O)(=O)c2ccccc2C(F)(F)F)CC1. The van der Waals surface area contributed by atoms with Crippen molar-refractivity contribution in [2.75, 3.05) is 19.6 Å². The fraction of sp³-hybridized carbons (Fsp3) is 0.458. The monoisotopic (exact) mass is 480 g/mol. The van der Waals surface area contributed by atoms with Crippen LogP contribution in [0.25, 0.3) is 0 Å². The minimum absolute atomic E-state index is 0.0128. The number of halogens is 3. The molecular formula is C24H27F3N2O3S. The van der Waals surface area contributed by atoms with Crippen LogP contribution in [-0.4, -0.2) is 38.3 Å². The summed E-state index contributed by atoms with van der Waals surface area (Å²) in [5.74, 6) is -0.211. The van der Waals surface area contributed by atoms with Crippen LogP contribution in [0.15, 0.2) is 53.4 Å². The van der Waals surface area contributed by atoms with Gasteiger partial charge in [-0.3, -0.25) is 4.79 Å². The fourth-order valence-electron chi connectivity index (χ4n) is 4.86. The van der Waals surface area contributed by atoms with Gasteiger partial charge in [0.1, 0.15) is 0 Å². The van der Waals surface area contributed by atoms with Crippen LogP contribution in [0.5, 0.6) is 0 Å². The van der Waals surface area contributed by atoms with Crippen molar-refractivity contribution in [1.82, 2.24) is 9.62 Å². The number of nitrogens with one attached hydrogen (secondary N) is 1. The zero-order valence-electron chi connectivity index (χ0n) is 18.1. The predicted octanol–water partition coefficient (Wildman–Crippen LogP) is 4.34. The highest BCUT2D eigenvalue weighted by atomic mass is 32.2. The normalized spacial score (nSPS) is 20.3. The van der Waals surface area contributed by atoms with Gasteiger partial charge in [0.15, 0.2) is 0 Å². The summed E-state index contributed by atoms with van der Waals surface area (Å²) in [4.78, 5) is 12.0. The number of carbonyl (C=O) groups excluding carboxylic acids is 1. The fourth-order valence-corrected chi connectivity index (χ4v) is 6.54. The molecule has 0 radical (unpaired) electrons. The van der Waals surface area contributed by atoms with Crippen molar-refractivity contribution in [1.29, 1.82) is 0 Å². The lowest BCUT2D eigenvalue weighted by Gasteiger charge is -2.32. The number of rotatable bonds is 5. The van der Waals surface area contributed by atoms with Crippen molar-refractivity contribution in [3.8, 4) is 0 Å². The summed E-state index contributed by atoms with van der Waals surface area (Å²) in [6.07, 6.45) is -1.08. The number of carbonyl (C=O) groups is 1. The molecule has 1 amide bonds. The molecule has 0 aromatic heterocycles. The first-order chi connectivity index (χ1) is 15.7. The van der Waals surface area contributed by atoms with Crippen molar-refractivity contribution >= 4 is 15.9 Å². The Balaban J connectivity index is 1.36. The Morgan fingerprint density at radius 1 is 1.00 bits per heavy atom. The smallest absolute Gasteiger partial charge is 0.355 e. The zero-order valence-corrected chi connectivity index (χ0v) is 19.0. The number of nitrogens with zero attached hydrogens (tertiary/aromatic N) is 1. The van der Waals surface area contributed by atoms with Gasteiger partial charge in [0.25, 0.3) is 0 Å². The minimum Gasteiger partial charge on any atom is -0.355 e. The average Bonchev–Trinajstić information content (AvgIpc) is 2.82. The van der Waals surface area contributed by atoms with Crippen LogP contribution in [0.1, 0.15) is 48.3 Å². The first kappa shape index (κ1) is 23.8. The molecule has 1 aliphatic carbocycles. The maximum Gasteiger partial charge on any atom is 0.417 e. The van der Waals surface area contributed by atoms with E-state index in [1.807, 2.05) is 12.1 Å². The van der Waals surface area contributed by atoms with Crippen molar-refractivity contribution in [2.24, 2.45) is 5.92 Å². The summed E-state index contributed by atoms with van der Waals surface area (Å²) in [6.45, 7) is 0.561. The highest BCUT2D eigenvalue weighted by molar-refractivity contribution is 7.89. The number of aryl methyl sites for hydroxylation is 1. The molecule has 9 heteroatoms. The Morgan fingerprint density at radius 2 is 1.67 bits per heavy atom. The van der Waals surface area contributed by atoms with E-state index in [9.17, 15) is 26.4 Å². The second-order valence-corrected chi connectivity index (χ2v) is 10.6. The van der Waals surface area contributed by atoms with Gasteiger partial charge in [0.2, 0.25) is 15.9 Å². The quantitative estimate of drug-likeness (QED) is 0.692. The second kappa shape index (κ2) is 9.46. The molecule has 0 saturated carbocycles. The Bertz CT molecular complexity index is 1110. The summed E-state index contributed by atoms with van der Waals surface area (Å²) >= 11 is 0. The van der Waals surface area contributed by atoms with Crippen LogP contribution >= 0.6 is 0 Å². The van der Waals surface area contributed by atoms with Crippen LogP contribution in [0.2, 0.25) is 0 Å². The molecule has 2 aromatic rings. The lowest BCUT2D eigenvalue weighted by atomic mass is 9.82. The van der Waals surface area contributed by atoms with Crippen LogP contribution in [-0.2, 0) is 27.4 Å². The molecule has 0 bridgehead atoms. The number of alkyl halides is 3. The third-order valence-electron chi connectivity index (χ3n) is 6.65. The highest BCUT2D eigenvalue weighted by Gasteiger charge is 2.40. The van der Waals surface area contributed by atoms with E-state index >= 15 is 0 Å². The summed E-state index contributed by atoms with van der Waals surface area (Å²) < 4.78 is 66.8. The van der Waals surface area contributed by atoms with Crippen molar-refractivity contribution in [3.05, 3.63) is 65.2 Å². The van der Waals surface area contributed by atoms with Crippen molar-refractivity contribution < 1.29 is 26.4 Å². The molecule has 2 aromatic carbocycles. The van der Waals surface area contributed by atoms with Crippen LogP contribution in [0, 0.1) is 5.92 Å². The van der Waals surface area contributed by atoms with Gasteiger partial charge >= 0.3 is 6.18 Å². The number of fused-ring (bicyclic) bond motifs is 1. The van der Waals surface area contributed by atoms with E-state index in [-0.39, 0.29) is 43.7 Å². The molecule has 178 valence electrons. The van der Waals surface area contributed by atoms with Gasteiger partial charge in [-0.05, 0) is 55.4 Å². The lowest BCUT2D eigenvalue weighted by molar-refractivity contribution is -0.139. The summed E-state index contributed by atoms with van der Waals surface area (Å²) in [6, 6.07) is 12.5. The molecule has 33 heavy (non-hydrogen) atoms. The van der Waals surface area contributed by atoms with E-state index < -0.39 is 26.7 Å². The second-order valence-electron chi connectivity index (χ2n) is 8.71. The molecule has 1 saturated heterocycles. The summed E-state index contributed by atoms with van der Waals surface area (Å²) in [5, 5.41) is 3.02. The molecule has 1 atom stereocenters. The molecule has 1 unspecified atom stereocenters. The number of benzene rings is 2. The maximum absolute atomic E-state index is 13.3. The Kier molecular flexibility index (Phi) is 6.81. The molecule has 1 N–H and O–H groups in total. The molecule has 1 aliphatic heterocycles. The van der Waals surface area contributed by atoms with Crippen LogP contribution < -0.4 is 5.32 Å². The average molecular weight is 481 g/mol. The van der Waals surface area contributed by atoms with Crippen LogP contribution in [0.3, 0.4) is 0 Å². The van der Waals surface area contributed by atoms with Crippen molar-refractivity contribution in [3.63, 3.8) is 0 Å². The third kappa shape index (κ3) is 5.09. The third-order valence-corrected chi connectivity index (χ3v) is 8.61. The van der Waals surface area contributed by atoms with E-state index in [2.05, 4.69) is 17.4 Å². The van der Waals surface area contributed by atoms with E-state index in [0.717, 1.165) is 35.7 Å². The van der Waals surface area contributed by atoms with Gasteiger partial charge < -0.3 is 5.32 Å². The number of amides is 1. The molecule has 0 spiro atoms. The van der Waals surface area contributed by atoms with Gasteiger partial charge in [-0.25, -0.2) is 8.42 Å². The molecule has 5 nitrogen and oxygen atoms in total. The molecule has 1 fully saturated rings. The minimum atomic E-state index is -4.76. The van der Waals surface area contributed by atoms with Gasteiger partial charge in [-0.2, -0.15) is 17.5 Å². The van der Waals surface area contributed by atoms with Crippen molar-refractivity contribution in [2.45, 2.75) is 49.1 Å². The van der Waals surface area contributed by atoms with Gasteiger partial charge in [0.05, 0.1) is 10.5 Å². The van der Waals surface area contributed by atoms with E-state index in [0.29, 0.717) is 6.54 Å². The molecule has 1 heterocycles. The van der Waals surface area contributed by atoms with Gasteiger partial charge in [-0.1, -0.05) is 36.4 Å². The van der Waals surface area contributed by atoms with Crippen LogP contribution in [0.4, 0.5) is 13.2 Å². The van der Waals surface area contributed by atoms with E-state index in [4.69, 9.17) is 0 Å². The zero-order chi connectivity index (χ0) is 23.6. The largest absolute Gasteiger partial charge is 0.417 e. The predicted molar refractivity (Wildman–Crippen MR) is 118 cm³/mol. The van der Waals surface area contributed by atoms with Gasteiger partial charge in [0, 0.05) is 31.5 Å². The number of hydrogen-bond acceptors (Lipinski definition) is 3. The summed E-state index contributed by atoms with van der Waals surface area (Å²) in [7, 11) is -4.31. The molecule has 4 rings (SSSR count). The maximum atomic E-state index is 13.3.